The third-order valence-corrected chi connectivity index (χ3v) is 5.03. The van der Waals surface area contributed by atoms with Gasteiger partial charge < -0.3 is 9.30 Å². The first kappa shape index (κ1) is 15.4. The Morgan fingerprint density at radius 1 is 1.08 bits per heavy atom. The molecule has 24 heavy (non-hydrogen) atoms. The fourth-order valence-electron chi connectivity index (χ4n) is 3.82. The number of hydrogen-bond acceptors (Lipinski definition) is 2. The normalized spacial score (nSPS) is 14.3. The molecule has 1 aromatic carbocycles. The summed E-state index contributed by atoms with van der Waals surface area (Å²) in [5, 5.41) is 0. The molecule has 0 bridgehead atoms. The van der Waals surface area contributed by atoms with Gasteiger partial charge in [0.2, 0.25) is 0 Å². The summed E-state index contributed by atoms with van der Waals surface area (Å²) >= 11 is 0. The molecule has 0 radical (unpaired) electrons. The summed E-state index contributed by atoms with van der Waals surface area (Å²) < 4.78 is 2.25. The molecule has 1 aliphatic rings. The van der Waals surface area contributed by atoms with Crippen molar-refractivity contribution in [2.75, 3.05) is 14.1 Å². The van der Waals surface area contributed by atoms with Crippen LogP contribution < -0.4 is 0 Å². The number of hydrogen-bond donors (Lipinski definition) is 0. The van der Waals surface area contributed by atoms with Crippen LogP contribution in [0.1, 0.15) is 35.2 Å². The van der Waals surface area contributed by atoms with E-state index in [-0.39, 0.29) is 0 Å². The van der Waals surface area contributed by atoms with Crippen LogP contribution in [0.25, 0.3) is 16.9 Å². The Balaban J connectivity index is 1.90. The lowest BCUT2D eigenvalue weighted by Crippen LogP contribution is -2.13. The van der Waals surface area contributed by atoms with Gasteiger partial charge in [0.15, 0.2) is 0 Å². The molecule has 0 spiro atoms. The highest BCUT2D eigenvalue weighted by Gasteiger charge is 2.17. The van der Waals surface area contributed by atoms with E-state index in [1.54, 1.807) is 0 Å². The molecule has 4 rings (SSSR count). The Labute approximate surface area is 143 Å². The summed E-state index contributed by atoms with van der Waals surface area (Å²) in [6.07, 6.45) is 7.20. The van der Waals surface area contributed by atoms with Gasteiger partial charge in [0.1, 0.15) is 5.65 Å². The van der Waals surface area contributed by atoms with Crippen molar-refractivity contribution >= 4 is 5.65 Å². The zero-order valence-corrected chi connectivity index (χ0v) is 14.8. The minimum absolute atomic E-state index is 0.886. The van der Waals surface area contributed by atoms with Crippen LogP contribution in [0.2, 0.25) is 0 Å². The number of pyridine rings is 1. The van der Waals surface area contributed by atoms with Crippen molar-refractivity contribution in [1.82, 2.24) is 14.3 Å². The first-order chi connectivity index (χ1) is 11.6. The van der Waals surface area contributed by atoms with Crippen LogP contribution in [-0.4, -0.2) is 28.4 Å². The highest BCUT2D eigenvalue weighted by molar-refractivity contribution is 5.69. The SMILES string of the molecule is Cc1cccn2c(CN(C)C)c(-c3ccc4c(c3)CCCC4)nc12. The van der Waals surface area contributed by atoms with E-state index >= 15 is 0 Å². The van der Waals surface area contributed by atoms with Gasteiger partial charge in [-0.2, -0.15) is 0 Å². The van der Waals surface area contributed by atoms with E-state index in [4.69, 9.17) is 4.98 Å². The second kappa shape index (κ2) is 6.06. The fourth-order valence-corrected chi connectivity index (χ4v) is 3.82. The van der Waals surface area contributed by atoms with Gasteiger partial charge in [0.25, 0.3) is 0 Å². The summed E-state index contributed by atoms with van der Waals surface area (Å²) in [6.45, 7) is 3.02. The second-order valence-electron chi connectivity index (χ2n) is 7.22. The van der Waals surface area contributed by atoms with Crippen molar-refractivity contribution in [3.63, 3.8) is 0 Å². The van der Waals surface area contributed by atoms with Crippen molar-refractivity contribution in [1.29, 1.82) is 0 Å². The molecule has 3 aromatic rings. The first-order valence-electron chi connectivity index (χ1n) is 8.87. The topological polar surface area (TPSA) is 20.5 Å². The van der Waals surface area contributed by atoms with Crippen LogP contribution in [0.3, 0.4) is 0 Å². The molecule has 3 heteroatoms. The van der Waals surface area contributed by atoms with Gasteiger partial charge in [-0.1, -0.05) is 18.2 Å². The Morgan fingerprint density at radius 3 is 2.67 bits per heavy atom. The minimum Gasteiger partial charge on any atom is -0.304 e. The maximum Gasteiger partial charge on any atom is 0.140 e. The van der Waals surface area contributed by atoms with Crippen LogP contribution in [0.15, 0.2) is 36.5 Å². The number of fused-ring (bicyclic) bond motifs is 2. The average molecular weight is 319 g/mol. The molecular weight excluding hydrogens is 294 g/mol. The molecule has 0 amide bonds. The van der Waals surface area contributed by atoms with Crippen LogP contribution in [0.4, 0.5) is 0 Å². The molecule has 1 aliphatic carbocycles. The summed E-state index contributed by atoms with van der Waals surface area (Å²) in [7, 11) is 4.23. The van der Waals surface area contributed by atoms with E-state index in [1.165, 1.54) is 53.6 Å². The average Bonchev–Trinajstić information content (AvgIpc) is 2.94. The lowest BCUT2D eigenvalue weighted by Gasteiger charge is -2.17. The lowest BCUT2D eigenvalue weighted by atomic mass is 9.90. The first-order valence-corrected chi connectivity index (χ1v) is 8.87. The monoisotopic (exact) mass is 319 g/mol. The third kappa shape index (κ3) is 2.63. The molecule has 3 nitrogen and oxygen atoms in total. The molecule has 0 fully saturated rings. The summed E-state index contributed by atoms with van der Waals surface area (Å²) in [5.41, 5.74) is 9.00. The Bertz CT molecular complexity index is 889. The maximum atomic E-state index is 5.02. The van der Waals surface area contributed by atoms with E-state index in [2.05, 4.69) is 66.8 Å². The molecule has 0 saturated carbocycles. The van der Waals surface area contributed by atoms with Crippen molar-refractivity contribution < 1.29 is 0 Å². The standard InChI is InChI=1S/C21H25N3/c1-15-7-6-12-24-19(14-23(2)3)20(22-21(15)24)18-11-10-16-8-4-5-9-17(16)13-18/h6-7,10-13H,4-5,8-9,14H2,1-3H3. The lowest BCUT2D eigenvalue weighted by molar-refractivity contribution is 0.396. The van der Waals surface area contributed by atoms with Gasteiger partial charge >= 0.3 is 0 Å². The van der Waals surface area contributed by atoms with Gasteiger partial charge in [0, 0.05) is 18.3 Å². The van der Waals surface area contributed by atoms with Crippen LogP contribution >= 0.6 is 0 Å². The molecule has 2 heterocycles. The molecule has 0 N–H and O–H groups in total. The number of aryl methyl sites for hydroxylation is 3. The minimum atomic E-state index is 0.886. The van der Waals surface area contributed by atoms with E-state index < -0.39 is 0 Å². The fraction of sp³-hybridized carbons (Fsp3) is 0.381. The Kier molecular flexibility index (Phi) is 3.89. The van der Waals surface area contributed by atoms with E-state index in [1.807, 2.05) is 0 Å². The third-order valence-electron chi connectivity index (χ3n) is 5.03. The van der Waals surface area contributed by atoms with Crippen LogP contribution in [-0.2, 0) is 19.4 Å². The van der Waals surface area contributed by atoms with E-state index in [0.29, 0.717) is 0 Å². The summed E-state index contributed by atoms with van der Waals surface area (Å²) in [5.74, 6) is 0. The van der Waals surface area contributed by atoms with E-state index in [9.17, 15) is 0 Å². The van der Waals surface area contributed by atoms with Gasteiger partial charge in [0.05, 0.1) is 11.4 Å². The smallest absolute Gasteiger partial charge is 0.140 e. The highest BCUT2D eigenvalue weighted by Crippen LogP contribution is 2.30. The summed E-state index contributed by atoms with van der Waals surface area (Å²) in [4.78, 5) is 7.24. The molecule has 2 aromatic heterocycles. The van der Waals surface area contributed by atoms with Crippen molar-refractivity contribution in [3.8, 4) is 11.3 Å². The highest BCUT2D eigenvalue weighted by atomic mass is 15.1. The zero-order valence-electron chi connectivity index (χ0n) is 14.8. The number of imidazole rings is 1. The molecule has 0 aliphatic heterocycles. The van der Waals surface area contributed by atoms with Crippen LogP contribution in [0.5, 0.6) is 0 Å². The quantitative estimate of drug-likeness (QED) is 0.719. The number of nitrogens with zero attached hydrogens (tertiary/aromatic N) is 3. The Morgan fingerprint density at radius 2 is 1.88 bits per heavy atom. The number of benzene rings is 1. The zero-order chi connectivity index (χ0) is 16.7. The van der Waals surface area contributed by atoms with Gasteiger partial charge in [-0.3, -0.25) is 0 Å². The molecule has 0 unspecified atom stereocenters. The number of aromatic nitrogens is 2. The molecular formula is C21H25N3. The number of rotatable bonds is 3. The van der Waals surface area contributed by atoms with Gasteiger partial charge in [-0.25, -0.2) is 4.98 Å². The predicted octanol–water partition coefficient (Wildman–Crippen LogP) is 4.25. The molecule has 124 valence electrons. The van der Waals surface area contributed by atoms with Crippen molar-refractivity contribution in [3.05, 3.63) is 58.9 Å². The Hall–Kier alpha value is -2.13. The van der Waals surface area contributed by atoms with Gasteiger partial charge in [-0.05, 0) is 75.5 Å². The van der Waals surface area contributed by atoms with Crippen molar-refractivity contribution in [2.24, 2.45) is 0 Å². The molecule has 0 saturated heterocycles. The largest absolute Gasteiger partial charge is 0.304 e. The predicted molar refractivity (Wildman–Crippen MR) is 99.4 cm³/mol. The van der Waals surface area contributed by atoms with E-state index in [0.717, 1.165) is 17.9 Å². The second-order valence-corrected chi connectivity index (χ2v) is 7.22. The molecule has 0 atom stereocenters. The van der Waals surface area contributed by atoms with Gasteiger partial charge in [-0.15, -0.1) is 0 Å². The summed E-state index contributed by atoms with van der Waals surface area (Å²) in [6, 6.07) is 11.2. The van der Waals surface area contributed by atoms with Crippen LogP contribution in [0, 0.1) is 6.92 Å². The maximum absolute atomic E-state index is 5.02. The van der Waals surface area contributed by atoms with Crippen molar-refractivity contribution in [2.45, 2.75) is 39.2 Å².